The van der Waals surface area contributed by atoms with Crippen molar-refractivity contribution in [3.8, 4) is 0 Å². The van der Waals surface area contributed by atoms with Gasteiger partial charge in [-0.15, -0.1) is 0 Å². The van der Waals surface area contributed by atoms with Crippen LogP contribution in [0.15, 0.2) is 12.5 Å². The standard InChI is InChI=1S/C12H20N4O4S/c1-10-2-5-16(6-3-10)21(19,20)14-4-7-15-8-11(12(17)18)13-9-15/h8-10,14H,2-7H2,1H3,(H,17,18). The summed E-state index contributed by atoms with van der Waals surface area (Å²) in [6.45, 7) is 3.75. The molecule has 2 heterocycles. The Hall–Kier alpha value is -1.45. The van der Waals surface area contributed by atoms with E-state index in [1.807, 2.05) is 0 Å². The molecule has 0 spiro atoms. The second kappa shape index (κ2) is 6.54. The van der Waals surface area contributed by atoms with E-state index in [0.29, 0.717) is 25.6 Å². The molecule has 1 aromatic heterocycles. The minimum absolute atomic E-state index is 0.0529. The Morgan fingerprint density at radius 1 is 1.48 bits per heavy atom. The van der Waals surface area contributed by atoms with E-state index < -0.39 is 16.2 Å². The monoisotopic (exact) mass is 316 g/mol. The van der Waals surface area contributed by atoms with Gasteiger partial charge >= 0.3 is 5.97 Å². The van der Waals surface area contributed by atoms with Gasteiger partial charge in [0.2, 0.25) is 0 Å². The molecular weight excluding hydrogens is 296 g/mol. The molecule has 21 heavy (non-hydrogen) atoms. The highest BCUT2D eigenvalue weighted by Crippen LogP contribution is 2.17. The Balaban J connectivity index is 1.82. The van der Waals surface area contributed by atoms with Gasteiger partial charge in [-0.05, 0) is 18.8 Å². The molecule has 1 aromatic rings. The molecule has 9 heteroatoms. The maximum absolute atomic E-state index is 12.1. The van der Waals surface area contributed by atoms with Crippen LogP contribution in [0, 0.1) is 5.92 Å². The van der Waals surface area contributed by atoms with Gasteiger partial charge in [-0.1, -0.05) is 6.92 Å². The highest BCUT2D eigenvalue weighted by atomic mass is 32.2. The fraction of sp³-hybridized carbons (Fsp3) is 0.667. The molecule has 0 saturated carbocycles. The Morgan fingerprint density at radius 3 is 2.71 bits per heavy atom. The van der Waals surface area contributed by atoms with Crippen molar-refractivity contribution in [3.05, 3.63) is 18.2 Å². The molecule has 0 atom stereocenters. The van der Waals surface area contributed by atoms with Gasteiger partial charge in [0.15, 0.2) is 5.69 Å². The predicted molar refractivity (Wildman–Crippen MR) is 76.1 cm³/mol. The molecule has 2 rings (SSSR count). The largest absolute Gasteiger partial charge is 0.476 e. The van der Waals surface area contributed by atoms with Crippen molar-refractivity contribution in [3.63, 3.8) is 0 Å². The van der Waals surface area contributed by atoms with Crippen molar-refractivity contribution in [1.29, 1.82) is 0 Å². The van der Waals surface area contributed by atoms with Crippen LogP contribution in [0.3, 0.4) is 0 Å². The number of hydrogen-bond donors (Lipinski definition) is 2. The maximum atomic E-state index is 12.1. The number of carbonyl (C=O) groups is 1. The van der Waals surface area contributed by atoms with E-state index in [1.165, 1.54) is 16.8 Å². The summed E-state index contributed by atoms with van der Waals surface area (Å²) in [4.78, 5) is 14.4. The first-order valence-electron chi connectivity index (χ1n) is 6.88. The lowest BCUT2D eigenvalue weighted by atomic mass is 10.0. The Morgan fingerprint density at radius 2 is 2.14 bits per heavy atom. The number of rotatable bonds is 6. The molecule has 0 aliphatic carbocycles. The normalized spacial score (nSPS) is 18.0. The summed E-state index contributed by atoms with van der Waals surface area (Å²) in [7, 11) is -3.45. The predicted octanol–water partition coefficient (Wildman–Crippen LogP) is 0.148. The lowest BCUT2D eigenvalue weighted by molar-refractivity contribution is 0.0691. The van der Waals surface area contributed by atoms with Crippen LogP contribution in [0.1, 0.15) is 30.3 Å². The van der Waals surface area contributed by atoms with E-state index in [0.717, 1.165) is 12.8 Å². The molecule has 0 bridgehead atoms. The van der Waals surface area contributed by atoms with E-state index >= 15 is 0 Å². The number of aromatic nitrogens is 2. The van der Waals surface area contributed by atoms with E-state index in [1.54, 1.807) is 4.57 Å². The number of carboxylic acid groups (broad SMARTS) is 1. The van der Waals surface area contributed by atoms with Crippen LogP contribution >= 0.6 is 0 Å². The van der Waals surface area contributed by atoms with Gasteiger partial charge in [-0.25, -0.2) is 14.5 Å². The van der Waals surface area contributed by atoms with Gasteiger partial charge in [0.1, 0.15) is 0 Å². The summed E-state index contributed by atoms with van der Waals surface area (Å²) in [6, 6.07) is 0. The molecule has 8 nitrogen and oxygen atoms in total. The van der Waals surface area contributed by atoms with E-state index in [2.05, 4.69) is 16.6 Å². The minimum Gasteiger partial charge on any atom is -0.476 e. The van der Waals surface area contributed by atoms with Crippen LogP contribution in [0.25, 0.3) is 0 Å². The molecule has 0 aromatic carbocycles. The number of aromatic carboxylic acids is 1. The number of nitrogens with one attached hydrogen (secondary N) is 1. The van der Waals surface area contributed by atoms with Crippen molar-refractivity contribution in [2.45, 2.75) is 26.3 Å². The number of imidazole rings is 1. The zero-order valence-electron chi connectivity index (χ0n) is 11.9. The van der Waals surface area contributed by atoms with E-state index in [4.69, 9.17) is 5.11 Å². The number of carboxylic acids is 1. The van der Waals surface area contributed by atoms with E-state index in [-0.39, 0.29) is 12.2 Å². The van der Waals surface area contributed by atoms with Crippen molar-refractivity contribution in [2.75, 3.05) is 19.6 Å². The van der Waals surface area contributed by atoms with Crippen LogP contribution in [-0.4, -0.2) is 53.0 Å². The van der Waals surface area contributed by atoms with Crippen molar-refractivity contribution >= 4 is 16.2 Å². The first kappa shape index (κ1) is 15.9. The zero-order valence-corrected chi connectivity index (χ0v) is 12.7. The highest BCUT2D eigenvalue weighted by molar-refractivity contribution is 7.87. The molecular formula is C12H20N4O4S. The molecule has 118 valence electrons. The molecule has 0 radical (unpaired) electrons. The SMILES string of the molecule is CC1CCN(S(=O)(=O)NCCn2cnc(C(=O)O)c2)CC1. The molecule has 2 N–H and O–H groups in total. The number of nitrogens with zero attached hydrogens (tertiary/aromatic N) is 3. The molecule has 1 fully saturated rings. The zero-order chi connectivity index (χ0) is 15.5. The Labute approximate surface area is 124 Å². The first-order valence-corrected chi connectivity index (χ1v) is 8.32. The maximum Gasteiger partial charge on any atom is 0.356 e. The van der Waals surface area contributed by atoms with Crippen LogP contribution in [0.5, 0.6) is 0 Å². The summed E-state index contributed by atoms with van der Waals surface area (Å²) in [5.41, 5.74) is -0.0529. The fourth-order valence-electron chi connectivity index (χ4n) is 2.21. The van der Waals surface area contributed by atoms with Crippen LogP contribution in [0.2, 0.25) is 0 Å². The van der Waals surface area contributed by atoms with Gasteiger partial charge < -0.3 is 9.67 Å². The molecule has 1 aliphatic rings. The molecule has 1 aliphatic heterocycles. The van der Waals surface area contributed by atoms with Crippen molar-refractivity contribution in [1.82, 2.24) is 18.6 Å². The van der Waals surface area contributed by atoms with Crippen LogP contribution < -0.4 is 4.72 Å². The number of piperidine rings is 1. The third-order valence-corrected chi connectivity index (χ3v) is 5.20. The topological polar surface area (TPSA) is 105 Å². The van der Waals surface area contributed by atoms with E-state index in [9.17, 15) is 13.2 Å². The summed E-state index contributed by atoms with van der Waals surface area (Å²) in [5, 5.41) is 8.75. The van der Waals surface area contributed by atoms with Gasteiger partial charge in [0.25, 0.3) is 10.2 Å². The summed E-state index contributed by atoms with van der Waals surface area (Å²) in [6.07, 6.45) is 4.51. The van der Waals surface area contributed by atoms with Gasteiger partial charge in [0, 0.05) is 32.4 Å². The summed E-state index contributed by atoms with van der Waals surface area (Å²) in [5.74, 6) is -0.534. The van der Waals surface area contributed by atoms with Crippen molar-refractivity contribution in [2.24, 2.45) is 5.92 Å². The average Bonchev–Trinajstić information content (AvgIpc) is 2.88. The molecule has 1 saturated heterocycles. The van der Waals surface area contributed by atoms with Gasteiger partial charge in [0.05, 0.1) is 6.33 Å². The summed E-state index contributed by atoms with van der Waals surface area (Å²) < 4.78 is 29.7. The Kier molecular flexibility index (Phi) is 4.96. The lowest BCUT2D eigenvalue weighted by Gasteiger charge is -2.29. The average molecular weight is 316 g/mol. The van der Waals surface area contributed by atoms with Gasteiger partial charge in [-0.3, -0.25) is 0 Å². The Bertz CT molecular complexity index is 590. The molecule has 0 amide bonds. The smallest absolute Gasteiger partial charge is 0.356 e. The summed E-state index contributed by atoms with van der Waals surface area (Å²) >= 11 is 0. The highest BCUT2D eigenvalue weighted by Gasteiger charge is 2.25. The quantitative estimate of drug-likeness (QED) is 0.777. The van der Waals surface area contributed by atoms with Gasteiger partial charge in [-0.2, -0.15) is 12.7 Å². The first-order chi connectivity index (χ1) is 9.88. The molecule has 0 unspecified atom stereocenters. The lowest BCUT2D eigenvalue weighted by Crippen LogP contribution is -2.45. The second-order valence-corrected chi connectivity index (χ2v) is 7.04. The third-order valence-electron chi connectivity index (χ3n) is 3.59. The van der Waals surface area contributed by atoms with Crippen molar-refractivity contribution < 1.29 is 18.3 Å². The van der Waals surface area contributed by atoms with Crippen LogP contribution in [-0.2, 0) is 16.8 Å². The number of hydrogen-bond acceptors (Lipinski definition) is 4. The van der Waals surface area contributed by atoms with Crippen LogP contribution in [0.4, 0.5) is 0 Å². The third kappa shape index (κ3) is 4.26. The second-order valence-electron chi connectivity index (χ2n) is 5.28. The fourth-order valence-corrected chi connectivity index (χ4v) is 3.44. The minimum atomic E-state index is -3.45.